The zero-order chi connectivity index (χ0) is 30.3. The number of hydrogen-bond acceptors (Lipinski definition) is 5. The van der Waals surface area contributed by atoms with Crippen LogP contribution in [0.4, 0.5) is 11.4 Å². The van der Waals surface area contributed by atoms with Crippen molar-refractivity contribution in [3.05, 3.63) is 180 Å². The molecule has 44 heavy (non-hydrogen) atoms. The summed E-state index contributed by atoms with van der Waals surface area (Å²) in [5.41, 5.74) is 14.2. The van der Waals surface area contributed by atoms with Crippen LogP contribution in [-0.2, 0) is 17.1 Å². The fourth-order valence-electron chi connectivity index (χ4n) is 4.82. The first-order valence-corrected chi connectivity index (χ1v) is 16.7. The molecule has 0 saturated carbocycles. The summed E-state index contributed by atoms with van der Waals surface area (Å²) in [6, 6.07) is 59.1. The summed E-state index contributed by atoms with van der Waals surface area (Å²) in [6.45, 7) is 0. The number of hydrogen-bond donors (Lipinski definition) is 2. The van der Waals surface area contributed by atoms with Crippen molar-refractivity contribution in [2.24, 2.45) is 5.34 Å². The van der Waals surface area contributed by atoms with Gasteiger partial charge in [0.2, 0.25) is 0 Å². The van der Waals surface area contributed by atoms with Crippen molar-refractivity contribution in [1.82, 2.24) is 0 Å². The zero-order valence-electron chi connectivity index (χ0n) is 23.9. The van der Waals surface area contributed by atoms with Crippen molar-refractivity contribution in [3.8, 4) is 0 Å². The normalized spacial score (nSPS) is 9.95. The van der Waals surface area contributed by atoms with Gasteiger partial charge in [-0.05, 0) is 72.8 Å². The van der Waals surface area contributed by atoms with E-state index in [9.17, 15) is 0 Å². The van der Waals surface area contributed by atoms with Crippen LogP contribution in [-0.4, -0.2) is 0 Å². The van der Waals surface area contributed by atoms with E-state index < -0.39 is 15.8 Å². The Balaban J connectivity index is 0.000000216. The van der Waals surface area contributed by atoms with Gasteiger partial charge < -0.3 is 21.6 Å². The van der Waals surface area contributed by atoms with E-state index in [1.165, 1.54) is 31.8 Å². The van der Waals surface area contributed by atoms with Crippen molar-refractivity contribution in [2.45, 2.75) is 0 Å². The van der Waals surface area contributed by atoms with Gasteiger partial charge in [0.25, 0.3) is 0 Å². The van der Waals surface area contributed by atoms with Crippen molar-refractivity contribution >= 4 is 59.0 Å². The van der Waals surface area contributed by atoms with Crippen LogP contribution in [0.5, 0.6) is 0 Å². The fraction of sp³-hybridized carbons (Fsp3) is 0. The van der Waals surface area contributed by atoms with Crippen LogP contribution in [0.25, 0.3) is 0 Å². The van der Waals surface area contributed by atoms with Crippen LogP contribution in [0.15, 0.2) is 175 Å². The van der Waals surface area contributed by atoms with Crippen molar-refractivity contribution < 1.29 is 17.1 Å². The molecule has 6 rings (SSSR count). The number of nitrogen functional groups attached to an aromatic ring is 2. The molecule has 0 bridgehead atoms. The average Bonchev–Trinajstić information content (AvgIpc) is 3.06. The molecule has 0 heterocycles. The number of anilines is 2. The molecule has 8 heteroatoms. The van der Waals surface area contributed by atoms with Crippen LogP contribution < -0.4 is 43.3 Å². The van der Waals surface area contributed by atoms with E-state index >= 15 is 0 Å². The van der Waals surface area contributed by atoms with E-state index in [0.717, 1.165) is 16.7 Å². The Kier molecular flexibility index (Phi) is 14.3. The molecule has 0 fully saturated rings. The smallest absolute Gasteiger partial charge is 0.444 e. The maximum Gasteiger partial charge on any atom is 1.00 e. The topological polar surface area (TPSA) is 105 Å². The van der Waals surface area contributed by atoms with E-state index in [-0.39, 0.29) is 17.1 Å². The molecule has 0 aromatic heterocycles. The first-order chi connectivity index (χ1) is 21.1. The van der Waals surface area contributed by atoms with Crippen molar-refractivity contribution in [1.29, 1.82) is 0 Å². The standard InChI is InChI=1S/2C18H16NP.Cu.HNO2/c2*19-17-13-7-8-14-18(17)20(15-9-3-1-4-10-15)16-11-5-2-6-12-16;;2-1-3/h2*1-14H,19H2;;(H,2,3)/q;;+1;/p+1. The van der Waals surface area contributed by atoms with Gasteiger partial charge in [-0.2, -0.15) is 0 Å². The first kappa shape index (κ1) is 34.2. The SMILES string of the molecule is Nc1ccccc1[PH+](c1ccccc1)c1ccccc1.Nc1ccccc1[PH+](c1ccccc1)c1ccccc1.O=N[O-].[Cu+]. The quantitative estimate of drug-likeness (QED) is 0.0776. The largest absolute Gasteiger partial charge is 1.00 e. The average molecular weight is 666 g/mol. The Morgan fingerprint density at radius 2 is 0.614 bits per heavy atom. The fourth-order valence-corrected chi connectivity index (χ4v) is 10.1. The molecule has 0 atom stereocenters. The minimum absolute atomic E-state index is 0. The Hall–Kier alpha value is -4.30. The molecule has 0 unspecified atom stereocenters. The second-order valence-electron chi connectivity index (χ2n) is 9.46. The third-order valence-corrected chi connectivity index (χ3v) is 12.3. The molecule has 0 aliphatic rings. The summed E-state index contributed by atoms with van der Waals surface area (Å²) < 4.78 is 0. The number of nitrogens with two attached hydrogens (primary N) is 2. The number of para-hydroxylation sites is 2. The van der Waals surface area contributed by atoms with E-state index in [4.69, 9.17) is 21.6 Å². The molecule has 0 radical (unpaired) electrons. The maximum atomic E-state index is 8.00. The molecule has 0 spiro atoms. The van der Waals surface area contributed by atoms with Crippen LogP contribution in [0.3, 0.4) is 0 Å². The molecule has 0 aliphatic carbocycles. The van der Waals surface area contributed by atoms with Gasteiger partial charge in [-0.25, -0.2) is 0 Å². The van der Waals surface area contributed by atoms with Crippen molar-refractivity contribution in [2.75, 3.05) is 11.5 Å². The second kappa shape index (κ2) is 18.4. The van der Waals surface area contributed by atoms with Gasteiger partial charge in [0.1, 0.15) is 47.7 Å². The van der Waals surface area contributed by atoms with Gasteiger partial charge in [-0.3, -0.25) is 0 Å². The van der Waals surface area contributed by atoms with Crippen molar-refractivity contribution in [3.63, 3.8) is 0 Å². The molecule has 224 valence electrons. The third-order valence-electron chi connectivity index (χ3n) is 6.71. The summed E-state index contributed by atoms with van der Waals surface area (Å²) >= 11 is 0. The third kappa shape index (κ3) is 9.35. The summed E-state index contributed by atoms with van der Waals surface area (Å²) in [6.07, 6.45) is 0. The van der Waals surface area contributed by atoms with Gasteiger partial charge in [-0.1, -0.05) is 97.1 Å². The summed E-state index contributed by atoms with van der Waals surface area (Å²) in [7, 11) is -2.06. The second-order valence-corrected chi connectivity index (χ2v) is 14.3. The molecule has 6 aromatic rings. The summed E-state index contributed by atoms with van der Waals surface area (Å²) in [5.74, 6) is 0. The van der Waals surface area contributed by atoms with E-state index in [2.05, 4.69) is 146 Å². The van der Waals surface area contributed by atoms with Crippen LogP contribution in [0.2, 0.25) is 0 Å². The Morgan fingerprint density at radius 3 is 0.841 bits per heavy atom. The number of benzene rings is 6. The summed E-state index contributed by atoms with van der Waals surface area (Å²) in [5, 5.41) is 17.0. The van der Waals surface area contributed by atoms with Gasteiger partial charge in [0, 0.05) is 0 Å². The summed E-state index contributed by atoms with van der Waals surface area (Å²) in [4.78, 5) is 8.00. The van der Waals surface area contributed by atoms with E-state index in [1.54, 1.807) is 0 Å². The monoisotopic (exact) mass is 665 g/mol. The van der Waals surface area contributed by atoms with Gasteiger partial charge in [-0.15, -0.1) is 5.34 Å². The van der Waals surface area contributed by atoms with Crippen LogP contribution in [0, 0.1) is 10.1 Å². The molecule has 0 saturated heterocycles. The molecule has 6 aromatic carbocycles. The molecular formula is C36H34CuN3O2P2+2. The molecular weight excluding hydrogens is 632 g/mol. The first-order valence-electron chi connectivity index (χ1n) is 13.7. The Labute approximate surface area is 271 Å². The Morgan fingerprint density at radius 1 is 0.409 bits per heavy atom. The van der Waals surface area contributed by atoms with Gasteiger partial charge >= 0.3 is 17.1 Å². The number of nitrogens with zero attached hydrogens (tertiary/aromatic N) is 1. The van der Waals surface area contributed by atoms with Gasteiger partial charge in [0.15, 0.2) is 0 Å². The van der Waals surface area contributed by atoms with Crippen LogP contribution in [0.1, 0.15) is 0 Å². The predicted octanol–water partition coefficient (Wildman–Crippen LogP) is 5.77. The van der Waals surface area contributed by atoms with Crippen LogP contribution >= 0.6 is 15.8 Å². The minimum atomic E-state index is -1.03. The molecule has 0 aliphatic heterocycles. The molecule has 4 N–H and O–H groups in total. The maximum absolute atomic E-state index is 8.00. The minimum Gasteiger partial charge on any atom is -0.444 e. The molecule has 0 amide bonds. The molecule has 5 nitrogen and oxygen atoms in total. The Bertz CT molecular complexity index is 1480. The predicted molar refractivity (Wildman–Crippen MR) is 191 cm³/mol. The van der Waals surface area contributed by atoms with Gasteiger partial charge in [0.05, 0.1) is 11.4 Å². The zero-order valence-corrected chi connectivity index (χ0v) is 26.8. The van der Waals surface area contributed by atoms with E-state index in [1.807, 2.05) is 24.3 Å². The number of rotatable bonds is 6. The van der Waals surface area contributed by atoms with E-state index in [0.29, 0.717) is 0 Å².